The van der Waals surface area contributed by atoms with Gasteiger partial charge in [-0.2, -0.15) is 5.26 Å². The number of benzene rings is 2. The number of nitrogens with one attached hydrogen (secondary N) is 3. The van der Waals surface area contributed by atoms with E-state index in [0.717, 1.165) is 27.7 Å². The van der Waals surface area contributed by atoms with Crippen LogP contribution in [0.15, 0.2) is 60.9 Å². The Kier molecular flexibility index (Phi) is 8.01. The predicted octanol–water partition coefficient (Wildman–Crippen LogP) is 3.42. The monoisotopic (exact) mass is 482 g/mol. The summed E-state index contributed by atoms with van der Waals surface area (Å²) in [5.41, 5.74) is 4.75. The number of aliphatic carboxylic acids is 1. The number of amides is 1. The smallest absolute Gasteiger partial charge is 0.303 e. The number of carboxylic acid groups (broad SMARTS) is 1. The highest BCUT2D eigenvalue weighted by Crippen LogP contribution is 2.20. The van der Waals surface area contributed by atoms with Gasteiger partial charge < -0.3 is 20.7 Å². The molecule has 1 amide bonds. The Balaban J connectivity index is 1.29. The van der Waals surface area contributed by atoms with Crippen LogP contribution in [0.2, 0.25) is 0 Å². The average Bonchev–Trinajstić information content (AvgIpc) is 3.31. The van der Waals surface area contributed by atoms with Crippen LogP contribution in [0.4, 0.5) is 0 Å². The predicted molar refractivity (Wildman–Crippen MR) is 135 cm³/mol. The third kappa shape index (κ3) is 6.31. The third-order valence-corrected chi connectivity index (χ3v) is 5.74. The standard InChI is InChI=1S/C27H26N6O3/c28-15-21-16-32-24-8-3-18(14-22(21)24)9-12-31-27(36)20-6-4-19(5-7-20)23-10-13-30-25(33-23)17-29-11-1-2-26(34)35/h3-8,10,13-14,16,29,32H,1-2,9,11-12,17H2,(H,31,36)(H,34,35). The Morgan fingerprint density at radius 1 is 1.08 bits per heavy atom. The number of carbonyl (C=O) groups is 2. The van der Waals surface area contributed by atoms with Crippen LogP contribution < -0.4 is 10.6 Å². The highest BCUT2D eigenvalue weighted by molar-refractivity contribution is 5.94. The van der Waals surface area contributed by atoms with E-state index in [1.807, 2.05) is 36.4 Å². The molecule has 0 saturated heterocycles. The number of nitriles is 1. The number of hydrogen-bond donors (Lipinski definition) is 4. The van der Waals surface area contributed by atoms with Gasteiger partial charge in [0.05, 0.1) is 17.8 Å². The Labute approximate surface area is 208 Å². The van der Waals surface area contributed by atoms with Crippen molar-refractivity contribution in [1.82, 2.24) is 25.6 Å². The molecule has 0 bridgehead atoms. The molecule has 0 atom stereocenters. The molecule has 0 radical (unpaired) electrons. The summed E-state index contributed by atoms with van der Waals surface area (Å²) in [4.78, 5) is 35.0. The van der Waals surface area contributed by atoms with Gasteiger partial charge in [0.2, 0.25) is 0 Å². The van der Waals surface area contributed by atoms with Gasteiger partial charge in [-0.25, -0.2) is 9.97 Å². The minimum absolute atomic E-state index is 0.125. The molecule has 9 heteroatoms. The first-order valence-corrected chi connectivity index (χ1v) is 11.7. The molecule has 36 heavy (non-hydrogen) atoms. The van der Waals surface area contributed by atoms with Gasteiger partial charge in [-0.15, -0.1) is 0 Å². The fraction of sp³-hybridized carbons (Fsp3) is 0.222. The normalized spacial score (nSPS) is 10.8. The highest BCUT2D eigenvalue weighted by Gasteiger charge is 2.09. The first kappa shape index (κ1) is 24.6. The second-order valence-electron chi connectivity index (χ2n) is 8.31. The molecular weight excluding hydrogens is 456 g/mol. The first-order valence-electron chi connectivity index (χ1n) is 11.7. The Morgan fingerprint density at radius 2 is 1.92 bits per heavy atom. The second kappa shape index (κ2) is 11.7. The molecule has 0 fully saturated rings. The van der Waals surface area contributed by atoms with E-state index in [2.05, 4.69) is 31.7 Å². The molecule has 2 aromatic carbocycles. The van der Waals surface area contributed by atoms with E-state index >= 15 is 0 Å². The molecule has 182 valence electrons. The highest BCUT2D eigenvalue weighted by atomic mass is 16.4. The van der Waals surface area contributed by atoms with Crippen molar-refractivity contribution in [3.05, 3.63) is 83.4 Å². The molecule has 2 heterocycles. The van der Waals surface area contributed by atoms with Crippen molar-refractivity contribution < 1.29 is 14.7 Å². The summed E-state index contributed by atoms with van der Waals surface area (Å²) in [6.45, 7) is 1.50. The quantitative estimate of drug-likeness (QED) is 0.240. The van der Waals surface area contributed by atoms with Crippen molar-refractivity contribution in [2.45, 2.75) is 25.8 Å². The molecular formula is C27H26N6O3. The Morgan fingerprint density at radius 3 is 2.69 bits per heavy atom. The number of aromatic nitrogens is 3. The van der Waals surface area contributed by atoms with Gasteiger partial charge in [0, 0.05) is 47.4 Å². The number of nitrogens with zero attached hydrogens (tertiary/aromatic N) is 3. The fourth-order valence-electron chi connectivity index (χ4n) is 3.84. The second-order valence-corrected chi connectivity index (χ2v) is 8.31. The molecule has 2 aromatic heterocycles. The summed E-state index contributed by atoms with van der Waals surface area (Å²) < 4.78 is 0. The Hall–Kier alpha value is -4.55. The van der Waals surface area contributed by atoms with Crippen LogP contribution in [0.3, 0.4) is 0 Å². The van der Waals surface area contributed by atoms with Gasteiger partial charge >= 0.3 is 5.97 Å². The summed E-state index contributed by atoms with van der Waals surface area (Å²) in [6.07, 6.45) is 4.71. The van der Waals surface area contributed by atoms with E-state index in [9.17, 15) is 14.9 Å². The van der Waals surface area contributed by atoms with E-state index in [0.29, 0.717) is 49.4 Å². The van der Waals surface area contributed by atoms with Gasteiger partial charge in [0.15, 0.2) is 0 Å². The lowest BCUT2D eigenvalue weighted by atomic mass is 10.1. The van der Waals surface area contributed by atoms with Crippen LogP contribution >= 0.6 is 0 Å². The minimum atomic E-state index is -0.809. The molecule has 4 aromatic rings. The minimum Gasteiger partial charge on any atom is -0.481 e. The molecule has 0 aliphatic heterocycles. The van der Waals surface area contributed by atoms with E-state index in [1.165, 1.54) is 0 Å². The molecule has 0 spiro atoms. The van der Waals surface area contributed by atoms with Crippen molar-refractivity contribution >= 4 is 22.8 Å². The zero-order valence-electron chi connectivity index (χ0n) is 19.6. The van der Waals surface area contributed by atoms with Crippen LogP contribution in [0.5, 0.6) is 0 Å². The third-order valence-electron chi connectivity index (χ3n) is 5.74. The van der Waals surface area contributed by atoms with Crippen LogP contribution in [0, 0.1) is 11.3 Å². The number of hydrogen-bond acceptors (Lipinski definition) is 6. The van der Waals surface area contributed by atoms with Gasteiger partial charge in [-0.1, -0.05) is 18.2 Å². The van der Waals surface area contributed by atoms with Crippen LogP contribution in [0.25, 0.3) is 22.2 Å². The van der Waals surface area contributed by atoms with Gasteiger partial charge in [0.25, 0.3) is 5.91 Å². The first-order chi connectivity index (χ1) is 17.5. The number of H-pyrrole nitrogens is 1. The van der Waals surface area contributed by atoms with E-state index < -0.39 is 5.97 Å². The van der Waals surface area contributed by atoms with Crippen LogP contribution in [-0.2, 0) is 17.8 Å². The zero-order valence-corrected chi connectivity index (χ0v) is 19.6. The van der Waals surface area contributed by atoms with Gasteiger partial charge in [-0.05, 0) is 55.3 Å². The lowest BCUT2D eigenvalue weighted by molar-refractivity contribution is -0.137. The zero-order chi connectivity index (χ0) is 25.3. The number of rotatable bonds is 11. The molecule has 0 unspecified atom stereocenters. The number of carbonyl (C=O) groups excluding carboxylic acids is 1. The number of carboxylic acids is 1. The molecule has 0 aliphatic rings. The van der Waals surface area contributed by atoms with Crippen molar-refractivity contribution in [1.29, 1.82) is 5.26 Å². The SMILES string of the molecule is N#Cc1c[nH]c2ccc(CCNC(=O)c3ccc(-c4ccnc(CNCCCC(=O)O)n4)cc3)cc12. The number of fused-ring (bicyclic) bond motifs is 1. The molecule has 9 nitrogen and oxygen atoms in total. The summed E-state index contributed by atoms with van der Waals surface area (Å²) in [5, 5.41) is 24.9. The largest absolute Gasteiger partial charge is 0.481 e. The van der Waals surface area contributed by atoms with Crippen LogP contribution in [0.1, 0.15) is 40.2 Å². The van der Waals surface area contributed by atoms with Crippen molar-refractivity contribution in [3.63, 3.8) is 0 Å². The van der Waals surface area contributed by atoms with E-state index in [1.54, 1.807) is 24.5 Å². The maximum Gasteiger partial charge on any atom is 0.303 e. The molecule has 4 N–H and O–H groups in total. The lowest BCUT2D eigenvalue weighted by Crippen LogP contribution is -2.25. The van der Waals surface area contributed by atoms with Crippen LogP contribution in [-0.4, -0.2) is 45.0 Å². The topological polar surface area (TPSA) is 144 Å². The Bertz CT molecular complexity index is 1410. The van der Waals surface area contributed by atoms with Crippen molar-refractivity contribution in [3.8, 4) is 17.3 Å². The fourth-order valence-corrected chi connectivity index (χ4v) is 3.84. The molecule has 4 rings (SSSR count). The van der Waals surface area contributed by atoms with Crippen molar-refractivity contribution in [2.75, 3.05) is 13.1 Å². The summed E-state index contributed by atoms with van der Waals surface area (Å²) in [5.74, 6) is -0.350. The summed E-state index contributed by atoms with van der Waals surface area (Å²) in [6, 6.07) is 17.1. The lowest BCUT2D eigenvalue weighted by Gasteiger charge is -2.08. The summed E-state index contributed by atoms with van der Waals surface area (Å²) >= 11 is 0. The van der Waals surface area contributed by atoms with Crippen molar-refractivity contribution in [2.24, 2.45) is 0 Å². The van der Waals surface area contributed by atoms with Gasteiger partial charge in [-0.3, -0.25) is 9.59 Å². The summed E-state index contributed by atoms with van der Waals surface area (Å²) in [7, 11) is 0. The maximum absolute atomic E-state index is 12.6. The van der Waals surface area contributed by atoms with E-state index in [4.69, 9.17) is 5.11 Å². The van der Waals surface area contributed by atoms with E-state index in [-0.39, 0.29) is 12.3 Å². The van der Waals surface area contributed by atoms with Gasteiger partial charge in [0.1, 0.15) is 11.9 Å². The number of aromatic amines is 1. The molecule has 0 saturated carbocycles. The maximum atomic E-state index is 12.6. The average molecular weight is 483 g/mol. The molecule has 0 aliphatic carbocycles.